The van der Waals surface area contributed by atoms with Crippen molar-refractivity contribution in [3.05, 3.63) is 23.8 Å². The van der Waals surface area contributed by atoms with E-state index in [1.807, 2.05) is 20.8 Å². The molecule has 1 aromatic rings. The summed E-state index contributed by atoms with van der Waals surface area (Å²) in [7, 11) is 0. The van der Waals surface area contributed by atoms with E-state index in [0.29, 0.717) is 6.54 Å². The topological polar surface area (TPSA) is 93.2 Å². The fourth-order valence-electron chi connectivity index (χ4n) is 1.89. The summed E-state index contributed by atoms with van der Waals surface area (Å²) in [6.45, 7) is 11.6. The molecule has 1 aromatic heterocycles. The second-order valence-electron chi connectivity index (χ2n) is 7.28. The van der Waals surface area contributed by atoms with Gasteiger partial charge in [-0.25, -0.2) is 14.8 Å². The Balaban J connectivity index is 2.50. The van der Waals surface area contributed by atoms with Gasteiger partial charge in [0.05, 0.1) is 5.69 Å². The predicted molar refractivity (Wildman–Crippen MR) is 86.8 cm³/mol. The van der Waals surface area contributed by atoms with Crippen molar-refractivity contribution < 1.29 is 14.3 Å². The van der Waals surface area contributed by atoms with Gasteiger partial charge in [-0.2, -0.15) is 0 Å². The molecule has 7 heteroatoms. The normalized spacial score (nSPS) is 11.7. The van der Waals surface area contributed by atoms with E-state index < -0.39 is 11.7 Å². The highest BCUT2D eigenvalue weighted by Crippen LogP contribution is 2.22. The molecule has 0 atom stereocenters. The maximum atomic E-state index is 11.8. The highest BCUT2D eigenvalue weighted by atomic mass is 16.6. The zero-order valence-corrected chi connectivity index (χ0v) is 14.7. The van der Waals surface area contributed by atoms with Crippen molar-refractivity contribution in [1.29, 1.82) is 0 Å². The van der Waals surface area contributed by atoms with Crippen molar-refractivity contribution in [3.8, 4) is 0 Å². The minimum absolute atomic E-state index is 0.141. The molecule has 0 aromatic carbocycles. The summed E-state index contributed by atoms with van der Waals surface area (Å²) in [6, 6.07) is 0. The molecule has 0 saturated carbocycles. The van der Waals surface area contributed by atoms with Crippen LogP contribution in [0.15, 0.2) is 12.5 Å². The van der Waals surface area contributed by atoms with Gasteiger partial charge in [0.25, 0.3) is 0 Å². The zero-order chi connectivity index (χ0) is 17.7. The number of ether oxygens (including phenoxy) is 1. The highest BCUT2D eigenvalue weighted by Gasteiger charge is 2.20. The smallest absolute Gasteiger partial charge is 0.408 e. The Morgan fingerprint density at radius 2 is 1.78 bits per heavy atom. The van der Waals surface area contributed by atoms with Crippen LogP contribution < -0.4 is 10.6 Å². The third-order valence-electron chi connectivity index (χ3n) is 2.77. The van der Waals surface area contributed by atoms with Crippen molar-refractivity contribution in [2.24, 2.45) is 0 Å². The van der Waals surface area contributed by atoms with Gasteiger partial charge in [-0.1, -0.05) is 20.8 Å². The first kappa shape index (κ1) is 18.9. The molecule has 0 spiro atoms. The van der Waals surface area contributed by atoms with Crippen molar-refractivity contribution in [2.45, 2.75) is 59.1 Å². The number of carbonyl (C=O) groups is 2. The van der Waals surface area contributed by atoms with Crippen LogP contribution in [0.2, 0.25) is 0 Å². The first-order chi connectivity index (χ1) is 10.5. The van der Waals surface area contributed by atoms with Gasteiger partial charge in [0.2, 0.25) is 5.91 Å². The third kappa shape index (κ3) is 7.08. The van der Waals surface area contributed by atoms with Crippen molar-refractivity contribution in [3.63, 3.8) is 0 Å². The van der Waals surface area contributed by atoms with Crippen LogP contribution in [0.4, 0.5) is 4.79 Å². The van der Waals surface area contributed by atoms with Crippen LogP contribution in [0.3, 0.4) is 0 Å². The quantitative estimate of drug-likeness (QED) is 0.883. The molecule has 128 valence electrons. The lowest BCUT2D eigenvalue weighted by Gasteiger charge is -2.21. The van der Waals surface area contributed by atoms with Crippen LogP contribution >= 0.6 is 0 Å². The number of carbonyl (C=O) groups excluding carboxylic acids is 2. The second-order valence-corrected chi connectivity index (χ2v) is 7.28. The van der Waals surface area contributed by atoms with Gasteiger partial charge < -0.3 is 15.4 Å². The molecule has 0 aliphatic carbocycles. The highest BCUT2D eigenvalue weighted by molar-refractivity contribution is 5.82. The molecular formula is C16H26N4O3. The van der Waals surface area contributed by atoms with Gasteiger partial charge in [-0.15, -0.1) is 0 Å². The summed E-state index contributed by atoms with van der Waals surface area (Å²) >= 11 is 0. The van der Waals surface area contributed by atoms with E-state index in [1.165, 1.54) is 6.33 Å². The van der Waals surface area contributed by atoms with Crippen LogP contribution in [0.1, 0.15) is 52.8 Å². The van der Waals surface area contributed by atoms with Crippen molar-refractivity contribution in [1.82, 2.24) is 20.6 Å². The zero-order valence-electron chi connectivity index (χ0n) is 14.7. The van der Waals surface area contributed by atoms with E-state index in [9.17, 15) is 9.59 Å². The molecule has 0 saturated heterocycles. The molecule has 1 rings (SSSR count). The van der Waals surface area contributed by atoms with Gasteiger partial charge in [0.15, 0.2) is 0 Å². The molecule has 7 nitrogen and oxygen atoms in total. The number of nitrogens with zero attached hydrogens (tertiary/aromatic N) is 2. The Kier molecular flexibility index (Phi) is 6.06. The number of amides is 2. The summed E-state index contributed by atoms with van der Waals surface area (Å²) in [5.74, 6) is -0.306. The fourth-order valence-corrected chi connectivity index (χ4v) is 1.89. The van der Waals surface area contributed by atoms with E-state index in [1.54, 1.807) is 27.0 Å². The van der Waals surface area contributed by atoms with E-state index in [0.717, 1.165) is 11.3 Å². The number of alkyl carbamates (subject to hydrolysis) is 1. The standard InChI is InChI=1S/C16H26N4O3/c1-15(2,3)13-11(7-17-10-20-13)8-18-12(21)9-19-14(22)23-16(4,5)6/h7,10H,8-9H2,1-6H3,(H,18,21)(H,19,22). The van der Waals surface area contributed by atoms with Crippen molar-refractivity contribution in [2.75, 3.05) is 6.54 Å². The Hall–Kier alpha value is -2.18. The van der Waals surface area contributed by atoms with Gasteiger partial charge in [-0.3, -0.25) is 4.79 Å². The lowest BCUT2D eigenvalue weighted by molar-refractivity contribution is -0.120. The molecule has 0 radical (unpaired) electrons. The third-order valence-corrected chi connectivity index (χ3v) is 2.77. The van der Waals surface area contributed by atoms with Crippen LogP contribution in [-0.2, 0) is 21.5 Å². The molecule has 0 unspecified atom stereocenters. The SMILES string of the molecule is CC(C)(C)OC(=O)NCC(=O)NCc1cncnc1C(C)(C)C. The summed E-state index contributed by atoms with van der Waals surface area (Å²) in [5, 5.41) is 5.16. The van der Waals surface area contributed by atoms with E-state index in [2.05, 4.69) is 20.6 Å². The predicted octanol–water partition coefficient (Wildman–Crippen LogP) is 1.91. The number of aromatic nitrogens is 2. The first-order valence-electron chi connectivity index (χ1n) is 7.52. The lowest BCUT2D eigenvalue weighted by atomic mass is 9.89. The average Bonchev–Trinajstić information content (AvgIpc) is 2.40. The summed E-state index contributed by atoms with van der Waals surface area (Å²) in [5.41, 5.74) is 1.000. The second kappa shape index (κ2) is 7.39. The van der Waals surface area contributed by atoms with Crippen LogP contribution in [0.5, 0.6) is 0 Å². The van der Waals surface area contributed by atoms with E-state index >= 15 is 0 Å². The largest absolute Gasteiger partial charge is 0.444 e. The molecule has 2 N–H and O–H groups in total. The van der Waals surface area contributed by atoms with Crippen molar-refractivity contribution >= 4 is 12.0 Å². The Morgan fingerprint density at radius 3 is 2.35 bits per heavy atom. The minimum atomic E-state index is -0.619. The van der Waals surface area contributed by atoms with Crippen LogP contribution in [0.25, 0.3) is 0 Å². The molecule has 1 heterocycles. The maximum Gasteiger partial charge on any atom is 0.408 e. The van der Waals surface area contributed by atoms with E-state index in [4.69, 9.17) is 4.74 Å². The lowest BCUT2D eigenvalue weighted by Crippen LogP contribution is -2.39. The molecule has 23 heavy (non-hydrogen) atoms. The Morgan fingerprint density at radius 1 is 1.13 bits per heavy atom. The Labute approximate surface area is 137 Å². The number of rotatable bonds is 4. The average molecular weight is 322 g/mol. The molecule has 0 aliphatic rings. The molecule has 0 aliphatic heterocycles. The van der Waals surface area contributed by atoms with Gasteiger partial charge in [-0.05, 0) is 20.8 Å². The van der Waals surface area contributed by atoms with Crippen LogP contribution in [-0.4, -0.2) is 34.1 Å². The Bertz CT molecular complexity index is 559. The van der Waals surface area contributed by atoms with E-state index in [-0.39, 0.29) is 17.9 Å². The van der Waals surface area contributed by atoms with Gasteiger partial charge in [0, 0.05) is 23.7 Å². The molecule has 0 bridgehead atoms. The summed E-state index contributed by atoms with van der Waals surface area (Å²) in [6.07, 6.45) is 2.57. The monoisotopic (exact) mass is 322 g/mol. The maximum absolute atomic E-state index is 11.8. The number of hydrogen-bond donors (Lipinski definition) is 2. The number of hydrogen-bond acceptors (Lipinski definition) is 5. The summed E-state index contributed by atoms with van der Waals surface area (Å²) in [4.78, 5) is 31.6. The number of nitrogens with one attached hydrogen (secondary N) is 2. The first-order valence-corrected chi connectivity index (χ1v) is 7.52. The van der Waals surface area contributed by atoms with Gasteiger partial charge >= 0.3 is 6.09 Å². The summed E-state index contributed by atoms with van der Waals surface area (Å²) < 4.78 is 5.06. The molecule has 0 fully saturated rings. The molecular weight excluding hydrogens is 296 g/mol. The van der Waals surface area contributed by atoms with Gasteiger partial charge in [0.1, 0.15) is 18.5 Å². The van der Waals surface area contributed by atoms with Crippen LogP contribution in [0, 0.1) is 0 Å². The molecule has 2 amide bonds. The minimum Gasteiger partial charge on any atom is -0.444 e. The fraction of sp³-hybridized carbons (Fsp3) is 0.625.